The van der Waals surface area contributed by atoms with Crippen LogP contribution in [-0.4, -0.2) is 16.0 Å². The van der Waals surface area contributed by atoms with Crippen molar-refractivity contribution in [3.05, 3.63) is 18.6 Å². The zero-order chi connectivity index (χ0) is 8.97. The van der Waals surface area contributed by atoms with E-state index in [1.165, 1.54) is 0 Å². The molecule has 0 aromatic carbocycles. The average Bonchev–Trinajstić information content (AvgIpc) is 2.06. The van der Waals surface area contributed by atoms with Gasteiger partial charge in [0.1, 0.15) is 12.1 Å². The molecule has 66 valence electrons. The van der Waals surface area contributed by atoms with E-state index in [-0.39, 0.29) is 0 Å². The second-order valence-electron chi connectivity index (χ2n) is 3.27. The molecule has 0 saturated heterocycles. The predicted octanol–water partition coefficient (Wildman–Crippen LogP) is 1.93. The Bertz CT molecular complexity index is 220. The first-order chi connectivity index (χ1) is 5.70. The lowest BCUT2D eigenvalue weighted by Crippen LogP contribution is -2.21. The third-order valence-corrected chi connectivity index (χ3v) is 1.96. The van der Waals surface area contributed by atoms with Crippen LogP contribution in [0.3, 0.4) is 0 Å². The molecule has 0 bridgehead atoms. The van der Waals surface area contributed by atoms with E-state index in [0.29, 0.717) is 12.0 Å². The first kappa shape index (κ1) is 8.97. The van der Waals surface area contributed by atoms with Crippen molar-refractivity contribution in [3.8, 4) is 0 Å². The van der Waals surface area contributed by atoms with Gasteiger partial charge in [-0.05, 0) is 18.9 Å². The first-order valence-electron chi connectivity index (χ1n) is 4.22. The Hall–Kier alpha value is -1.12. The zero-order valence-corrected chi connectivity index (χ0v) is 7.78. The van der Waals surface area contributed by atoms with Gasteiger partial charge in [0.05, 0.1) is 0 Å². The lowest BCUT2D eigenvalue weighted by Gasteiger charge is -2.17. The van der Waals surface area contributed by atoms with Crippen LogP contribution in [-0.2, 0) is 0 Å². The van der Waals surface area contributed by atoms with Gasteiger partial charge in [-0.2, -0.15) is 0 Å². The van der Waals surface area contributed by atoms with Crippen molar-refractivity contribution in [1.82, 2.24) is 9.97 Å². The van der Waals surface area contributed by atoms with Crippen molar-refractivity contribution < 1.29 is 0 Å². The summed E-state index contributed by atoms with van der Waals surface area (Å²) in [4.78, 5) is 7.93. The Morgan fingerprint density at radius 1 is 1.33 bits per heavy atom. The minimum absolute atomic E-state index is 0.444. The monoisotopic (exact) mass is 165 g/mol. The van der Waals surface area contributed by atoms with Crippen molar-refractivity contribution in [3.63, 3.8) is 0 Å². The molecule has 0 aliphatic rings. The molecule has 0 aliphatic heterocycles. The van der Waals surface area contributed by atoms with Crippen LogP contribution in [0.5, 0.6) is 0 Å². The van der Waals surface area contributed by atoms with Crippen LogP contribution < -0.4 is 5.32 Å². The summed E-state index contributed by atoms with van der Waals surface area (Å²) >= 11 is 0. The molecule has 0 spiro atoms. The zero-order valence-electron chi connectivity index (χ0n) is 7.78. The lowest BCUT2D eigenvalue weighted by molar-refractivity contribution is 0.558. The predicted molar refractivity (Wildman–Crippen MR) is 50.0 cm³/mol. The molecule has 3 heteroatoms. The van der Waals surface area contributed by atoms with E-state index >= 15 is 0 Å². The fraction of sp³-hybridized carbons (Fsp3) is 0.556. The number of nitrogens with zero attached hydrogens (tertiary/aromatic N) is 2. The summed E-state index contributed by atoms with van der Waals surface area (Å²) in [5, 5.41) is 3.29. The van der Waals surface area contributed by atoms with E-state index in [2.05, 4.69) is 36.1 Å². The summed E-state index contributed by atoms with van der Waals surface area (Å²) in [5.41, 5.74) is 0. The lowest BCUT2D eigenvalue weighted by atomic mass is 10.1. The smallest absolute Gasteiger partial charge is 0.129 e. The van der Waals surface area contributed by atoms with Gasteiger partial charge in [-0.25, -0.2) is 9.97 Å². The molecule has 0 unspecified atom stereocenters. The maximum absolute atomic E-state index is 4.08. The van der Waals surface area contributed by atoms with Crippen molar-refractivity contribution in [1.29, 1.82) is 0 Å². The van der Waals surface area contributed by atoms with E-state index in [1.54, 1.807) is 12.5 Å². The summed E-state index contributed by atoms with van der Waals surface area (Å²) < 4.78 is 0. The highest BCUT2D eigenvalue weighted by Gasteiger charge is 2.05. The van der Waals surface area contributed by atoms with Gasteiger partial charge in [-0.1, -0.05) is 13.8 Å². The largest absolute Gasteiger partial charge is 0.367 e. The molecule has 0 amide bonds. The Labute approximate surface area is 73.2 Å². The van der Waals surface area contributed by atoms with E-state index in [4.69, 9.17) is 0 Å². The Balaban J connectivity index is 2.53. The molecule has 0 aliphatic carbocycles. The normalized spacial score (nSPS) is 13.0. The number of hydrogen-bond acceptors (Lipinski definition) is 3. The maximum atomic E-state index is 4.08. The third-order valence-electron chi connectivity index (χ3n) is 1.96. The number of nitrogens with one attached hydrogen (secondary N) is 1. The Kier molecular flexibility index (Phi) is 3.02. The SMILES string of the molecule is CC(C)[C@@H](C)Nc1ccncn1. The molecule has 1 aromatic heterocycles. The van der Waals surface area contributed by atoms with Crippen molar-refractivity contribution in [2.24, 2.45) is 5.92 Å². The van der Waals surface area contributed by atoms with Crippen LogP contribution in [0, 0.1) is 5.92 Å². The van der Waals surface area contributed by atoms with Gasteiger partial charge in [0.15, 0.2) is 0 Å². The van der Waals surface area contributed by atoms with Gasteiger partial charge in [0.2, 0.25) is 0 Å². The molecule has 1 rings (SSSR count). The Morgan fingerprint density at radius 2 is 2.08 bits per heavy atom. The Morgan fingerprint density at radius 3 is 2.58 bits per heavy atom. The molecule has 0 radical (unpaired) electrons. The van der Waals surface area contributed by atoms with Gasteiger partial charge in [-0.3, -0.25) is 0 Å². The maximum Gasteiger partial charge on any atom is 0.129 e. The van der Waals surface area contributed by atoms with E-state index < -0.39 is 0 Å². The molecular weight excluding hydrogens is 150 g/mol. The van der Waals surface area contributed by atoms with Crippen LogP contribution in [0.25, 0.3) is 0 Å². The highest BCUT2D eigenvalue weighted by molar-refractivity contribution is 5.32. The third kappa shape index (κ3) is 2.49. The second kappa shape index (κ2) is 4.04. The molecular formula is C9H15N3. The number of rotatable bonds is 3. The standard InChI is InChI=1S/C9H15N3/c1-7(2)8(3)12-9-4-5-10-6-11-9/h4-8H,1-3H3,(H,10,11,12)/t8-/m1/s1. The number of anilines is 1. The first-order valence-corrected chi connectivity index (χ1v) is 4.22. The van der Waals surface area contributed by atoms with Gasteiger partial charge >= 0.3 is 0 Å². The quantitative estimate of drug-likeness (QED) is 0.743. The minimum atomic E-state index is 0.444. The van der Waals surface area contributed by atoms with Crippen LogP contribution in [0.4, 0.5) is 5.82 Å². The van der Waals surface area contributed by atoms with Gasteiger partial charge in [0.25, 0.3) is 0 Å². The van der Waals surface area contributed by atoms with Crippen LogP contribution >= 0.6 is 0 Å². The van der Waals surface area contributed by atoms with E-state index in [9.17, 15) is 0 Å². The van der Waals surface area contributed by atoms with Crippen LogP contribution in [0.15, 0.2) is 18.6 Å². The molecule has 1 atom stereocenters. The number of hydrogen-bond donors (Lipinski definition) is 1. The van der Waals surface area contributed by atoms with Gasteiger partial charge in [-0.15, -0.1) is 0 Å². The van der Waals surface area contributed by atoms with E-state index in [0.717, 1.165) is 5.82 Å². The van der Waals surface area contributed by atoms with Crippen molar-refractivity contribution >= 4 is 5.82 Å². The van der Waals surface area contributed by atoms with Crippen LogP contribution in [0.2, 0.25) is 0 Å². The van der Waals surface area contributed by atoms with Crippen molar-refractivity contribution in [2.45, 2.75) is 26.8 Å². The molecule has 0 fully saturated rings. The highest BCUT2D eigenvalue weighted by atomic mass is 15.0. The second-order valence-corrected chi connectivity index (χ2v) is 3.27. The molecule has 1 heterocycles. The topological polar surface area (TPSA) is 37.8 Å². The van der Waals surface area contributed by atoms with Gasteiger partial charge < -0.3 is 5.32 Å². The highest BCUT2D eigenvalue weighted by Crippen LogP contribution is 2.07. The summed E-state index contributed by atoms with van der Waals surface area (Å²) in [5.74, 6) is 1.51. The molecule has 0 saturated carbocycles. The summed E-state index contributed by atoms with van der Waals surface area (Å²) in [7, 11) is 0. The number of aromatic nitrogens is 2. The molecule has 12 heavy (non-hydrogen) atoms. The summed E-state index contributed by atoms with van der Waals surface area (Å²) in [6, 6.07) is 2.32. The average molecular weight is 165 g/mol. The van der Waals surface area contributed by atoms with Crippen LogP contribution in [0.1, 0.15) is 20.8 Å². The molecule has 1 N–H and O–H groups in total. The molecule has 1 aromatic rings. The fourth-order valence-electron chi connectivity index (χ4n) is 0.776. The van der Waals surface area contributed by atoms with E-state index in [1.807, 2.05) is 6.07 Å². The molecule has 3 nitrogen and oxygen atoms in total. The minimum Gasteiger partial charge on any atom is -0.367 e. The van der Waals surface area contributed by atoms with Gasteiger partial charge in [0, 0.05) is 12.2 Å². The summed E-state index contributed by atoms with van der Waals surface area (Å²) in [6.07, 6.45) is 3.29. The van der Waals surface area contributed by atoms with Crippen molar-refractivity contribution in [2.75, 3.05) is 5.32 Å². The summed E-state index contributed by atoms with van der Waals surface area (Å²) in [6.45, 7) is 6.50. The fourth-order valence-corrected chi connectivity index (χ4v) is 0.776.